The van der Waals surface area contributed by atoms with Gasteiger partial charge >= 0.3 is 0 Å². The fraction of sp³-hybridized carbons (Fsp3) is 0.353. The third kappa shape index (κ3) is 2.68. The minimum atomic E-state index is 0.0783. The van der Waals surface area contributed by atoms with Crippen LogP contribution < -0.4 is 0 Å². The molecule has 0 fully saturated rings. The number of aromatic nitrogens is 1. The smallest absolute Gasteiger partial charge is 0.194 e. The van der Waals surface area contributed by atoms with Crippen LogP contribution in [0.1, 0.15) is 40.3 Å². The van der Waals surface area contributed by atoms with Crippen molar-refractivity contribution in [3.05, 3.63) is 58.9 Å². The standard InChI is InChI=1S/C17H21NO2/c1-12-10-16(14(3)18(12)13(2)11-20-4)17(19)15-8-6-5-7-9-15/h5-10,13H,11H2,1-4H3. The number of carbonyl (C=O) groups excluding carboxylic acids is 1. The van der Waals surface area contributed by atoms with Gasteiger partial charge in [0.05, 0.1) is 12.6 Å². The molecule has 0 saturated carbocycles. The Morgan fingerprint density at radius 2 is 1.90 bits per heavy atom. The van der Waals surface area contributed by atoms with Crippen LogP contribution in [-0.4, -0.2) is 24.1 Å². The van der Waals surface area contributed by atoms with Crippen molar-refractivity contribution in [3.63, 3.8) is 0 Å². The third-order valence-electron chi connectivity index (χ3n) is 3.61. The molecule has 3 nitrogen and oxygen atoms in total. The second kappa shape index (κ2) is 6.06. The number of benzene rings is 1. The molecule has 1 unspecified atom stereocenters. The highest BCUT2D eigenvalue weighted by molar-refractivity contribution is 6.09. The first-order chi connectivity index (χ1) is 9.56. The highest BCUT2D eigenvalue weighted by Gasteiger charge is 2.19. The molecule has 0 spiro atoms. The van der Waals surface area contributed by atoms with Gasteiger partial charge in [0.15, 0.2) is 5.78 Å². The lowest BCUT2D eigenvalue weighted by Crippen LogP contribution is -2.14. The van der Waals surface area contributed by atoms with Gasteiger partial charge in [-0.05, 0) is 26.8 Å². The molecule has 0 N–H and O–H groups in total. The number of rotatable bonds is 5. The molecule has 1 aromatic heterocycles. The maximum Gasteiger partial charge on any atom is 0.194 e. The minimum absolute atomic E-state index is 0.0783. The van der Waals surface area contributed by atoms with E-state index in [1.807, 2.05) is 50.2 Å². The molecule has 0 aliphatic rings. The Labute approximate surface area is 120 Å². The third-order valence-corrected chi connectivity index (χ3v) is 3.61. The summed E-state index contributed by atoms with van der Waals surface area (Å²) in [4.78, 5) is 12.6. The van der Waals surface area contributed by atoms with Gasteiger partial charge in [-0.15, -0.1) is 0 Å². The summed E-state index contributed by atoms with van der Waals surface area (Å²) in [6, 6.07) is 11.6. The number of methoxy groups -OCH3 is 1. The van der Waals surface area contributed by atoms with Gasteiger partial charge in [-0.2, -0.15) is 0 Å². The Morgan fingerprint density at radius 3 is 2.50 bits per heavy atom. The molecule has 0 aliphatic heterocycles. The van der Waals surface area contributed by atoms with Crippen molar-refractivity contribution in [2.24, 2.45) is 0 Å². The SMILES string of the molecule is COCC(C)n1c(C)cc(C(=O)c2ccccc2)c1C. The van der Waals surface area contributed by atoms with E-state index in [1.54, 1.807) is 7.11 Å². The predicted octanol–water partition coefficient (Wildman–Crippen LogP) is 3.54. The number of aryl methyl sites for hydroxylation is 1. The van der Waals surface area contributed by atoms with Gasteiger partial charge in [0.1, 0.15) is 0 Å². The summed E-state index contributed by atoms with van der Waals surface area (Å²) in [5.74, 6) is 0.0783. The van der Waals surface area contributed by atoms with Crippen LogP contribution in [-0.2, 0) is 4.74 Å². The van der Waals surface area contributed by atoms with Crippen molar-refractivity contribution in [1.82, 2.24) is 4.57 Å². The lowest BCUT2D eigenvalue weighted by Gasteiger charge is -2.17. The van der Waals surface area contributed by atoms with E-state index in [0.717, 1.165) is 22.5 Å². The van der Waals surface area contributed by atoms with E-state index < -0.39 is 0 Å². The highest BCUT2D eigenvalue weighted by atomic mass is 16.5. The zero-order valence-electron chi connectivity index (χ0n) is 12.5. The van der Waals surface area contributed by atoms with Crippen LogP contribution in [0.25, 0.3) is 0 Å². The molecule has 0 bridgehead atoms. The Balaban J connectivity index is 2.40. The lowest BCUT2D eigenvalue weighted by molar-refractivity contribution is 0.103. The van der Waals surface area contributed by atoms with Crippen LogP contribution >= 0.6 is 0 Å². The Bertz CT molecular complexity index is 599. The van der Waals surface area contributed by atoms with Crippen LogP contribution in [0.2, 0.25) is 0 Å². The Hall–Kier alpha value is -1.87. The van der Waals surface area contributed by atoms with Crippen LogP contribution in [0, 0.1) is 13.8 Å². The normalized spacial score (nSPS) is 12.4. The van der Waals surface area contributed by atoms with Gasteiger partial charge in [-0.3, -0.25) is 4.79 Å². The van der Waals surface area contributed by atoms with E-state index in [9.17, 15) is 4.79 Å². The summed E-state index contributed by atoms with van der Waals surface area (Å²) in [6.45, 7) is 6.76. The molecule has 0 radical (unpaired) electrons. The molecule has 2 aromatic rings. The van der Waals surface area contributed by atoms with E-state index in [1.165, 1.54) is 0 Å². The van der Waals surface area contributed by atoms with Crippen LogP contribution in [0.3, 0.4) is 0 Å². The first-order valence-electron chi connectivity index (χ1n) is 6.83. The average molecular weight is 271 g/mol. The number of hydrogen-bond donors (Lipinski definition) is 0. The fourth-order valence-corrected chi connectivity index (χ4v) is 2.75. The largest absolute Gasteiger partial charge is 0.383 e. The number of nitrogens with zero attached hydrogens (tertiary/aromatic N) is 1. The van der Waals surface area contributed by atoms with Gasteiger partial charge in [0.25, 0.3) is 0 Å². The second-order valence-corrected chi connectivity index (χ2v) is 5.15. The Morgan fingerprint density at radius 1 is 1.25 bits per heavy atom. The molecule has 0 amide bonds. The molecular formula is C17H21NO2. The van der Waals surface area contributed by atoms with Crippen molar-refractivity contribution >= 4 is 5.78 Å². The monoisotopic (exact) mass is 271 g/mol. The molecule has 1 atom stereocenters. The summed E-state index contributed by atoms with van der Waals surface area (Å²) >= 11 is 0. The molecule has 0 aliphatic carbocycles. The van der Waals surface area contributed by atoms with E-state index in [2.05, 4.69) is 11.5 Å². The number of ketones is 1. The summed E-state index contributed by atoms with van der Waals surface area (Å²) < 4.78 is 7.38. The minimum Gasteiger partial charge on any atom is -0.383 e. The fourth-order valence-electron chi connectivity index (χ4n) is 2.75. The first-order valence-corrected chi connectivity index (χ1v) is 6.83. The molecule has 20 heavy (non-hydrogen) atoms. The molecule has 0 saturated heterocycles. The van der Waals surface area contributed by atoms with Crippen LogP contribution in [0.5, 0.6) is 0 Å². The van der Waals surface area contributed by atoms with E-state index in [-0.39, 0.29) is 11.8 Å². The average Bonchev–Trinajstić information content (AvgIpc) is 2.74. The zero-order chi connectivity index (χ0) is 14.7. The summed E-state index contributed by atoms with van der Waals surface area (Å²) in [6.07, 6.45) is 0. The molecule has 3 heteroatoms. The van der Waals surface area contributed by atoms with E-state index >= 15 is 0 Å². The van der Waals surface area contributed by atoms with Crippen LogP contribution in [0.15, 0.2) is 36.4 Å². The van der Waals surface area contributed by atoms with Crippen molar-refractivity contribution in [1.29, 1.82) is 0 Å². The molecule has 106 valence electrons. The van der Waals surface area contributed by atoms with Crippen molar-refractivity contribution in [3.8, 4) is 0 Å². The Kier molecular flexibility index (Phi) is 4.40. The van der Waals surface area contributed by atoms with Gasteiger partial charge in [0.2, 0.25) is 0 Å². The van der Waals surface area contributed by atoms with E-state index in [0.29, 0.717) is 6.61 Å². The van der Waals surface area contributed by atoms with Gasteiger partial charge in [0, 0.05) is 29.6 Å². The molecule has 1 heterocycles. The van der Waals surface area contributed by atoms with Crippen LogP contribution in [0.4, 0.5) is 0 Å². The summed E-state index contributed by atoms with van der Waals surface area (Å²) in [7, 11) is 1.70. The van der Waals surface area contributed by atoms with Crippen molar-refractivity contribution in [2.75, 3.05) is 13.7 Å². The van der Waals surface area contributed by atoms with Crippen molar-refractivity contribution in [2.45, 2.75) is 26.8 Å². The van der Waals surface area contributed by atoms with E-state index in [4.69, 9.17) is 4.74 Å². The predicted molar refractivity (Wildman–Crippen MR) is 80.4 cm³/mol. The topological polar surface area (TPSA) is 31.2 Å². The molecular weight excluding hydrogens is 250 g/mol. The first kappa shape index (κ1) is 14.5. The lowest BCUT2D eigenvalue weighted by atomic mass is 10.0. The summed E-state index contributed by atoms with van der Waals surface area (Å²) in [5.41, 5.74) is 3.59. The zero-order valence-corrected chi connectivity index (χ0v) is 12.5. The molecule has 2 rings (SSSR count). The number of carbonyl (C=O) groups is 1. The number of ether oxygens (including phenoxy) is 1. The molecule has 1 aromatic carbocycles. The van der Waals surface area contributed by atoms with Gasteiger partial charge < -0.3 is 9.30 Å². The quantitative estimate of drug-likeness (QED) is 0.779. The second-order valence-electron chi connectivity index (χ2n) is 5.15. The maximum absolute atomic E-state index is 12.6. The number of hydrogen-bond acceptors (Lipinski definition) is 2. The van der Waals surface area contributed by atoms with Crippen molar-refractivity contribution < 1.29 is 9.53 Å². The van der Waals surface area contributed by atoms with Gasteiger partial charge in [-0.25, -0.2) is 0 Å². The summed E-state index contributed by atoms with van der Waals surface area (Å²) in [5, 5.41) is 0. The maximum atomic E-state index is 12.6. The van der Waals surface area contributed by atoms with Gasteiger partial charge in [-0.1, -0.05) is 30.3 Å². The highest BCUT2D eigenvalue weighted by Crippen LogP contribution is 2.23.